The molecule has 0 bridgehead atoms. The Morgan fingerprint density at radius 2 is 1.93 bits per heavy atom. The van der Waals surface area contributed by atoms with Crippen molar-refractivity contribution in [3.8, 4) is 0 Å². The molecule has 0 aromatic rings. The zero-order chi connectivity index (χ0) is 11.4. The number of rotatable bonds is 5. The van der Waals surface area contributed by atoms with Crippen LogP contribution in [0.25, 0.3) is 0 Å². The lowest BCUT2D eigenvalue weighted by Crippen LogP contribution is -2.39. The SMILES string of the molecule is CC(CO)NC(=O)CC(C)(C)C(=O)O. The van der Waals surface area contributed by atoms with E-state index < -0.39 is 11.4 Å². The fraction of sp³-hybridized carbons (Fsp3) is 0.778. The van der Waals surface area contributed by atoms with Crippen molar-refractivity contribution in [2.24, 2.45) is 5.41 Å². The maximum Gasteiger partial charge on any atom is 0.309 e. The lowest BCUT2D eigenvalue weighted by molar-refractivity contribution is -0.149. The van der Waals surface area contributed by atoms with Gasteiger partial charge in [-0.3, -0.25) is 9.59 Å². The number of aliphatic carboxylic acids is 1. The van der Waals surface area contributed by atoms with Gasteiger partial charge in [0, 0.05) is 12.5 Å². The average molecular weight is 203 g/mol. The number of carboxylic acid groups (broad SMARTS) is 1. The summed E-state index contributed by atoms with van der Waals surface area (Å²) >= 11 is 0. The van der Waals surface area contributed by atoms with Gasteiger partial charge in [0.25, 0.3) is 0 Å². The third-order valence-corrected chi connectivity index (χ3v) is 1.86. The second-order valence-corrected chi connectivity index (χ2v) is 4.02. The summed E-state index contributed by atoms with van der Waals surface area (Å²) in [5.74, 6) is -1.37. The first-order chi connectivity index (χ1) is 6.29. The van der Waals surface area contributed by atoms with Gasteiger partial charge in [-0.05, 0) is 20.8 Å². The standard InChI is InChI=1S/C9H17NO4/c1-6(5-11)10-7(12)4-9(2,3)8(13)14/h6,11H,4-5H2,1-3H3,(H,10,12)(H,13,14). The van der Waals surface area contributed by atoms with Crippen LogP contribution in [0.5, 0.6) is 0 Å². The highest BCUT2D eigenvalue weighted by Gasteiger charge is 2.30. The van der Waals surface area contributed by atoms with Crippen molar-refractivity contribution in [1.82, 2.24) is 5.32 Å². The maximum atomic E-state index is 11.2. The van der Waals surface area contributed by atoms with Crippen LogP contribution < -0.4 is 5.32 Å². The van der Waals surface area contributed by atoms with E-state index in [9.17, 15) is 9.59 Å². The molecule has 0 fully saturated rings. The third kappa shape index (κ3) is 4.23. The van der Waals surface area contributed by atoms with Crippen LogP contribution in [-0.2, 0) is 9.59 Å². The van der Waals surface area contributed by atoms with E-state index in [0.717, 1.165) is 0 Å². The minimum absolute atomic E-state index is 0.0906. The molecule has 0 saturated carbocycles. The Morgan fingerprint density at radius 3 is 2.29 bits per heavy atom. The van der Waals surface area contributed by atoms with E-state index in [-0.39, 0.29) is 25.0 Å². The summed E-state index contributed by atoms with van der Waals surface area (Å²) in [6.45, 7) is 4.46. The van der Waals surface area contributed by atoms with Gasteiger partial charge in [0.05, 0.1) is 12.0 Å². The molecule has 0 aliphatic heterocycles. The van der Waals surface area contributed by atoms with Gasteiger partial charge in [-0.2, -0.15) is 0 Å². The average Bonchev–Trinajstić information content (AvgIpc) is 2.02. The van der Waals surface area contributed by atoms with Crippen molar-refractivity contribution in [2.75, 3.05) is 6.61 Å². The highest BCUT2D eigenvalue weighted by Crippen LogP contribution is 2.19. The molecule has 82 valence electrons. The lowest BCUT2D eigenvalue weighted by Gasteiger charge is -2.19. The number of amides is 1. The quantitative estimate of drug-likeness (QED) is 0.586. The molecular formula is C9H17NO4. The summed E-state index contributed by atoms with van der Waals surface area (Å²) in [4.78, 5) is 21.9. The van der Waals surface area contributed by atoms with Gasteiger partial charge in [0.15, 0.2) is 0 Å². The van der Waals surface area contributed by atoms with E-state index in [4.69, 9.17) is 10.2 Å². The van der Waals surface area contributed by atoms with Crippen LogP contribution in [0.15, 0.2) is 0 Å². The van der Waals surface area contributed by atoms with E-state index in [1.165, 1.54) is 13.8 Å². The summed E-state index contributed by atoms with van der Waals surface area (Å²) < 4.78 is 0. The normalized spacial score (nSPS) is 13.4. The van der Waals surface area contributed by atoms with Crippen LogP contribution in [0.3, 0.4) is 0 Å². The van der Waals surface area contributed by atoms with E-state index in [1.54, 1.807) is 6.92 Å². The van der Waals surface area contributed by atoms with Crippen LogP contribution >= 0.6 is 0 Å². The minimum atomic E-state index is -1.07. The molecule has 0 heterocycles. The topological polar surface area (TPSA) is 86.6 Å². The van der Waals surface area contributed by atoms with Crippen molar-refractivity contribution < 1.29 is 19.8 Å². The van der Waals surface area contributed by atoms with Gasteiger partial charge in [0.1, 0.15) is 0 Å². The van der Waals surface area contributed by atoms with E-state index >= 15 is 0 Å². The van der Waals surface area contributed by atoms with Gasteiger partial charge < -0.3 is 15.5 Å². The van der Waals surface area contributed by atoms with E-state index in [2.05, 4.69) is 5.32 Å². The third-order valence-electron chi connectivity index (χ3n) is 1.86. The Morgan fingerprint density at radius 1 is 1.43 bits per heavy atom. The Hall–Kier alpha value is -1.10. The molecule has 3 N–H and O–H groups in total. The molecule has 5 nitrogen and oxygen atoms in total. The van der Waals surface area contributed by atoms with Gasteiger partial charge >= 0.3 is 5.97 Å². The summed E-state index contributed by atoms with van der Waals surface area (Å²) in [5.41, 5.74) is -1.07. The summed E-state index contributed by atoms with van der Waals surface area (Å²) in [7, 11) is 0. The second kappa shape index (κ2) is 4.95. The van der Waals surface area contributed by atoms with Gasteiger partial charge in [-0.1, -0.05) is 0 Å². The number of carbonyl (C=O) groups is 2. The van der Waals surface area contributed by atoms with E-state index in [0.29, 0.717) is 0 Å². The zero-order valence-electron chi connectivity index (χ0n) is 8.70. The first kappa shape index (κ1) is 12.9. The van der Waals surface area contributed by atoms with Crippen molar-refractivity contribution in [3.05, 3.63) is 0 Å². The molecule has 0 rings (SSSR count). The highest BCUT2D eigenvalue weighted by atomic mass is 16.4. The first-order valence-corrected chi connectivity index (χ1v) is 4.43. The Kier molecular flexibility index (Phi) is 4.56. The first-order valence-electron chi connectivity index (χ1n) is 4.43. The van der Waals surface area contributed by atoms with Crippen molar-refractivity contribution in [2.45, 2.75) is 33.2 Å². The number of carbonyl (C=O) groups excluding carboxylic acids is 1. The number of hydrogen-bond donors (Lipinski definition) is 3. The molecule has 1 unspecified atom stereocenters. The van der Waals surface area contributed by atoms with E-state index in [1.807, 2.05) is 0 Å². The summed E-state index contributed by atoms with van der Waals surface area (Å²) in [6.07, 6.45) is -0.0906. The molecule has 14 heavy (non-hydrogen) atoms. The number of carboxylic acids is 1. The fourth-order valence-corrected chi connectivity index (χ4v) is 0.849. The van der Waals surface area contributed by atoms with Crippen LogP contribution in [0.2, 0.25) is 0 Å². The lowest BCUT2D eigenvalue weighted by atomic mass is 9.89. The molecular weight excluding hydrogens is 186 g/mol. The Bertz CT molecular complexity index is 225. The predicted molar refractivity (Wildman–Crippen MR) is 50.7 cm³/mol. The van der Waals surface area contributed by atoms with Crippen molar-refractivity contribution >= 4 is 11.9 Å². The fourth-order valence-electron chi connectivity index (χ4n) is 0.849. The Labute approximate surface area is 83.1 Å². The monoisotopic (exact) mass is 203 g/mol. The van der Waals surface area contributed by atoms with Crippen LogP contribution in [0.4, 0.5) is 0 Å². The molecule has 5 heteroatoms. The van der Waals surface area contributed by atoms with Crippen LogP contribution in [0, 0.1) is 5.41 Å². The molecule has 0 aromatic heterocycles. The molecule has 0 aromatic carbocycles. The Balaban J connectivity index is 4.12. The van der Waals surface area contributed by atoms with Crippen LogP contribution in [0.1, 0.15) is 27.2 Å². The van der Waals surface area contributed by atoms with Crippen LogP contribution in [-0.4, -0.2) is 34.7 Å². The molecule has 1 atom stereocenters. The summed E-state index contributed by atoms with van der Waals surface area (Å²) in [5, 5.41) is 19.9. The number of hydrogen-bond acceptors (Lipinski definition) is 3. The van der Waals surface area contributed by atoms with Gasteiger partial charge in [-0.25, -0.2) is 0 Å². The smallest absolute Gasteiger partial charge is 0.309 e. The number of nitrogens with one attached hydrogen (secondary N) is 1. The zero-order valence-corrected chi connectivity index (χ0v) is 8.70. The largest absolute Gasteiger partial charge is 0.481 e. The predicted octanol–water partition coefficient (Wildman–Crippen LogP) is -0.0157. The molecule has 0 aliphatic carbocycles. The minimum Gasteiger partial charge on any atom is -0.481 e. The highest BCUT2D eigenvalue weighted by molar-refractivity contribution is 5.84. The van der Waals surface area contributed by atoms with Gasteiger partial charge in [-0.15, -0.1) is 0 Å². The van der Waals surface area contributed by atoms with Crippen molar-refractivity contribution in [3.63, 3.8) is 0 Å². The maximum absolute atomic E-state index is 11.2. The molecule has 1 amide bonds. The molecule has 0 saturated heterocycles. The second-order valence-electron chi connectivity index (χ2n) is 4.02. The van der Waals surface area contributed by atoms with Crippen molar-refractivity contribution in [1.29, 1.82) is 0 Å². The molecule has 0 spiro atoms. The number of aliphatic hydroxyl groups excluding tert-OH is 1. The summed E-state index contributed by atoms with van der Waals surface area (Å²) in [6, 6.07) is -0.341. The molecule has 0 aliphatic rings. The molecule has 0 radical (unpaired) electrons. The number of aliphatic hydroxyl groups is 1. The van der Waals surface area contributed by atoms with Gasteiger partial charge in [0.2, 0.25) is 5.91 Å².